The normalized spacial score (nSPS) is 13.7. The zero-order chi connectivity index (χ0) is 27.4. The lowest BCUT2D eigenvalue weighted by Crippen LogP contribution is -2.25. The van der Waals surface area contributed by atoms with Crippen LogP contribution in [0, 0.1) is 0 Å². The highest BCUT2D eigenvalue weighted by molar-refractivity contribution is 7.25. The maximum atomic E-state index is 2.46. The standard InChI is InChI=1S/C40H24S2/c1-2-8-26-25(7-1)29-10-5-11-30-27(18-19-32(26)39(29)30)31-12-6-14-37-40(31)33-17-15-24(22-38(33)42-37)23-16-20-36-34(21-23)28-9-3-4-13-35(28)41-36/h1-5,7-11,13-22H,6,12H2. The van der Waals surface area contributed by atoms with E-state index in [0.717, 1.165) is 12.8 Å². The minimum absolute atomic E-state index is 1.08. The Hall–Kier alpha value is -4.50. The third-order valence-electron chi connectivity index (χ3n) is 9.33. The third-order valence-corrected chi connectivity index (χ3v) is 11.6. The fourth-order valence-corrected chi connectivity index (χ4v) is 9.79. The highest BCUT2D eigenvalue weighted by atomic mass is 32.1. The van der Waals surface area contributed by atoms with Gasteiger partial charge in [-0.1, -0.05) is 97.1 Å². The number of fused-ring (bicyclic) bond motifs is 9. The monoisotopic (exact) mass is 568 g/mol. The molecule has 2 heterocycles. The molecule has 0 nitrogen and oxygen atoms in total. The van der Waals surface area contributed by atoms with E-state index in [-0.39, 0.29) is 0 Å². The van der Waals surface area contributed by atoms with E-state index in [4.69, 9.17) is 0 Å². The van der Waals surface area contributed by atoms with E-state index in [2.05, 4.69) is 121 Å². The van der Waals surface area contributed by atoms with Gasteiger partial charge in [-0.15, -0.1) is 22.7 Å². The van der Waals surface area contributed by atoms with Crippen molar-refractivity contribution in [1.29, 1.82) is 0 Å². The minimum Gasteiger partial charge on any atom is -0.135 e. The second-order valence-electron chi connectivity index (χ2n) is 11.5. The summed E-state index contributed by atoms with van der Waals surface area (Å²) in [7, 11) is 0. The molecule has 0 atom stereocenters. The summed E-state index contributed by atoms with van der Waals surface area (Å²) in [5.41, 5.74) is 11.0. The first kappa shape index (κ1) is 23.1. The number of thiophene rings is 2. The molecule has 0 amide bonds. The summed E-state index contributed by atoms with van der Waals surface area (Å²) in [5, 5.41) is 8.35. The summed E-state index contributed by atoms with van der Waals surface area (Å²) < 4.78 is 5.52. The fraction of sp³-hybridized carbons (Fsp3) is 0.0500. The van der Waals surface area contributed by atoms with Crippen LogP contribution in [-0.4, -0.2) is 0 Å². The second-order valence-corrected chi connectivity index (χ2v) is 13.7. The summed E-state index contributed by atoms with van der Waals surface area (Å²) in [6, 6.07) is 43.4. The number of benzene rings is 6. The van der Waals surface area contributed by atoms with E-state index in [1.54, 1.807) is 0 Å². The van der Waals surface area contributed by atoms with Crippen LogP contribution in [-0.2, 0) is 0 Å². The molecule has 2 aliphatic rings. The van der Waals surface area contributed by atoms with E-state index >= 15 is 0 Å². The lowest BCUT2D eigenvalue weighted by Gasteiger charge is -2.14. The molecule has 0 fully saturated rings. The molecule has 10 rings (SSSR count). The van der Waals surface area contributed by atoms with Gasteiger partial charge in [-0.05, 0) is 92.4 Å². The van der Waals surface area contributed by atoms with Crippen molar-refractivity contribution in [2.24, 2.45) is 0 Å². The summed E-state index contributed by atoms with van der Waals surface area (Å²) in [6.45, 7) is 0. The van der Waals surface area contributed by atoms with Crippen LogP contribution < -0.4 is 9.75 Å². The van der Waals surface area contributed by atoms with E-state index in [9.17, 15) is 0 Å². The fourth-order valence-electron chi connectivity index (χ4n) is 7.47. The molecule has 0 saturated heterocycles. The minimum atomic E-state index is 1.08. The molecule has 2 aromatic heterocycles. The van der Waals surface area contributed by atoms with Crippen LogP contribution in [0.2, 0.25) is 0 Å². The number of hydrogen-bond acceptors (Lipinski definition) is 2. The molecule has 0 radical (unpaired) electrons. The van der Waals surface area contributed by atoms with Crippen LogP contribution in [0.5, 0.6) is 0 Å². The van der Waals surface area contributed by atoms with Gasteiger partial charge in [0.2, 0.25) is 0 Å². The first-order valence-corrected chi connectivity index (χ1v) is 16.3. The molecule has 0 bridgehead atoms. The lowest BCUT2D eigenvalue weighted by molar-refractivity contribution is 1.09. The second kappa shape index (κ2) is 8.51. The van der Waals surface area contributed by atoms with Crippen molar-refractivity contribution in [3.8, 4) is 33.4 Å². The smallest absolute Gasteiger partial charge is 0.0361 e. The van der Waals surface area contributed by atoms with Gasteiger partial charge in [0.25, 0.3) is 0 Å². The van der Waals surface area contributed by atoms with Crippen molar-refractivity contribution < 1.29 is 0 Å². The highest BCUT2D eigenvalue weighted by Gasteiger charge is 2.23. The van der Waals surface area contributed by atoms with Gasteiger partial charge in [0.1, 0.15) is 0 Å². The maximum Gasteiger partial charge on any atom is 0.0361 e. The Kier molecular flexibility index (Phi) is 4.68. The molecule has 196 valence electrons. The summed E-state index contributed by atoms with van der Waals surface area (Å²) in [5.74, 6) is 0. The van der Waals surface area contributed by atoms with Crippen molar-refractivity contribution in [3.63, 3.8) is 0 Å². The Labute approximate surface area is 251 Å². The van der Waals surface area contributed by atoms with Crippen LogP contribution in [0.15, 0.2) is 115 Å². The molecular formula is C40H24S2. The van der Waals surface area contributed by atoms with Crippen molar-refractivity contribution in [2.75, 3.05) is 0 Å². The number of hydrogen-bond donors (Lipinski definition) is 0. The van der Waals surface area contributed by atoms with Crippen molar-refractivity contribution in [2.45, 2.75) is 12.8 Å². The van der Waals surface area contributed by atoms with Crippen molar-refractivity contribution >= 4 is 75.4 Å². The third kappa shape index (κ3) is 3.11. The molecule has 2 heteroatoms. The Bertz CT molecular complexity index is 2540. The quantitative estimate of drug-likeness (QED) is 0.195. The van der Waals surface area contributed by atoms with Gasteiger partial charge in [-0.3, -0.25) is 0 Å². The zero-order valence-electron chi connectivity index (χ0n) is 22.8. The van der Waals surface area contributed by atoms with Gasteiger partial charge < -0.3 is 0 Å². The van der Waals surface area contributed by atoms with Gasteiger partial charge in [0.05, 0.1) is 0 Å². The van der Waals surface area contributed by atoms with E-state index in [1.807, 2.05) is 22.7 Å². The lowest BCUT2D eigenvalue weighted by atomic mass is 9.89. The molecule has 42 heavy (non-hydrogen) atoms. The largest absolute Gasteiger partial charge is 0.135 e. The topological polar surface area (TPSA) is 0 Å². The molecule has 8 aromatic rings. The molecule has 0 saturated carbocycles. The summed E-state index contributed by atoms with van der Waals surface area (Å²) in [4.78, 5) is 0. The maximum absolute atomic E-state index is 2.46. The average Bonchev–Trinajstić information content (AvgIpc) is 3.71. The first-order valence-electron chi connectivity index (χ1n) is 14.7. The molecule has 0 N–H and O–H groups in total. The van der Waals surface area contributed by atoms with Crippen LogP contribution in [0.4, 0.5) is 0 Å². The zero-order valence-corrected chi connectivity index (χ0v) is 24.4. The summed E-state index contributed by atoms with van der Waals surface area (Å²) >= 11 is 3.84. The average molecular weight is 569 g/mol. The van der Waals surface area contributed by atoms with Gasteiger partial charge in [-0.25, -0.2) is 0 Å². The van der Waals surface area contributed by atoms with Gasteiger partial charge in [-0.2, -0.15) is 0 Å². The molecule has 0 spiro atoms. The van der Waals surface area contributed by atoms with E-state index in [0.29, 0.717) is 0 Å². The van der Waals surface area contributed by atoms with Gasteiger partial charge >= 0.3 is 0 Å². The SMILES string of the molecule is C1=c2sc3cc(-c4ccc5sc6ccccc6c5c4)ccc3c2=C(c2ccc3c4c(cccc24)-c2ccccc2-3)CC1. The van der Waals surface area contributed by atoms with Gasteiger partial charge in [0.15, 0.2) is 0 Å². The Balaban J connectivity index is 1.18. The summed E-state index contributed by atoms with van der Waals surface area (Å²) in [6.07, 6.45) is 4.63. The molecule has 0 unspecified atom stereocenters. The van der Waals surface area contributed by atoms with E-state index < -0.39 is 0 Å². The van der Waals surface area contributed by atoms with Gasteiger partial charge in [0, 0.05) is 40.0 Å². The predicted molar refractivity (Wildman–Crippen MR) is 184 cm³/mol. The molecular weight excluding hydrogens is 545 g/mol. The van der Waals surface area contributed by atoms with E-state index in [1.165, 1.54) is 95.3 Å². The Morgan fingerprint density at radius 2 is 1.17 bits per heavy atom. The number of rotatable bonds is 2. The van der Waals surface area contributed by atoms with Crippen LogP contribution in [0.25, 0.3) is 86.1 Å². The van der Waals surface area contributed by atoms with Crippen LogP contribution >= 0.6 is 22.7 Å². The van der Waals surface area contributed by atoms with Crippen LogP contribution in [0.3, 0.4) is 0 Å². The van der Waals surface area contributed by atoms with Crippen LogP contribution in [0.1, 0.15) is 18.4 Å². The molecule has 6 aromatic carbocycles. The van der Waals surface area contributed by atoms with Crippen molar-refractivity contribution in [3.05, 3.63) is 131 Å². The highest BCUT2D eigenvalue weighted by Crippen LogP contribution is 2.48. The Morgan fingerprint density at radius 1 is 0.452 bits per heavy atom. The molecule has 0 aliphatic heterocycles. The molecule has 2 aliphatic carbocycles. The Morgan fingerprint density at radius 3 is 2.10 bits per heavy atom. The van der Waals surface area contributed by atoms with Crippen molar-refractivity contribution in [1.82, 2.24) is 0 Å². The first-order chi connectivity index (χ1) is 20.8. The predicted octanol–water partition coefficient (Wildman–Crippen LogP) is 10.5.